The van der Waals surface area contributed by atoms with Crippen LogP contribution in [0.3, 0.4) is 0 Å². The Morgan fingerprint density at radius 2 is 2.29 bits per heavy atom. The lowest BCUT2D eigenvalue weighted by Gasteiger charge is -2.03. The summed E-state index contributed by atoms with van der Waals surface area (Å²) in [6.07, 6.45) is 3.00. The Labute approximate surface area is 102 Å². The van der Waals surface area contributed by atoms with E-state index in [2.05, 4.69) is 4.98 Å². The second-order valence-electron chi connectivity index (χ2n) is 3.20. The summed E-state index contributed by atoms with van der Waals surface area (Å²) in [5.74, 6) is -0.318. The summed E-state index contributed by atoms with van der Waals surface area (Å²) >= 11 is 5.73. The summed E-state index contributed by atoms with van der Waals surface area (Å²) in [4.78, 5) is 14.4. The van der Waals surface area contributed by atoms with Gasteiger partial charge in [-0.1, -0.05) is 11.6 Å². The minimum atomic E-state index is -1.11. The maximum atomic E-state index is 10.6. The molecular weight excluding hydrogens is 246 g/mol. The number of hydrogen-bond donors (Lipinski definition) is 1. The van der Waals surface area contributed by atoms with Gasteiger partial charge in [0.1, 0.15) is 18.1 Å². The van der Waals surface area contributed by atoms with Crippen LogP contribution in [0.2, 0.25) is 5.02 Å². The number of aromatic carboxylic acids is 1. The molecule has 2 rings (SSSR count). The average Bonchev–Trinajstić information content (AvgIpc) is 2.75. The first-order valence-electron chi connectivity index (χ1n) is 4.70. The molecule has 0 unspecified atom stereocenters. The molecule has 88 valence electrons. The van der Waals surface area contributed by atoms with Crippen LogP contribution < -0.4 is 4.74 Å². The highest BCUT2D eigenvalue weighted by Gasteiger charge is 2.09. The molecule has 2 aromatic rings. The summed E-state index contributed by atoms with van der Waals surface area (Å²) in [5.41, 5.74) is 0. The van der Waals surface area contributed by atoms with Crippen molar-refractivity contribution < 1.29 is 19.1 Å². The third-order valence-corrected chi connectivity index (χ3v) is 2.14. The molecule has 2 heterocycles. The van der Waals surface area contributed by atoms with Crippen molar-refractivity contribution in [2.75, 3.05) is 0 Å². The van der Waals surface area contributed by atoms with Crippen LogP contribution >= 0.6 is 11.6 Å². The number of nitrogens with zero attached hydrogens (tertiary/aromatic N) is 1. The molecule has 2 aromatic heterocycles. The fraction of sp³-hybridized carbons (Fsp3) is 0.0909. The van der Waals surface area contributed by atoms with E-state index < -0.39 is 5.97 Å². The van der Waals surface area contributed by atoms with Gasteiger partial charge in [0.15, 0.2) is 0 Å². The van der Waals surface area contributed by atoms with Gasteiger partial charge >= 0.3 is 5.97 Å². The fourth-order valence-electron chi connectivity index (χ4n) is 1.20. The van der Waals surface area contributed by atoms with Crippen molar-refractivity contribution in [1.82, 2.24) is 4.98 Å². The first-order valence-corrected chi connectivity index (χ1v) is 5.08. The lowest BCUT2D eigenvalue weighted by molar-refractivity contribution is 0.0658. The van der Waals surface area contributed by atoms with Crippen LogP contribution in [0.25, 0.3) is 0 Å². The molecule has 0 aliphatic rings. The first-order chi connectivity index (χ1) is 8.15. The van der Waals surface area contributed by atoms with Crippen molar-refractivity contribution in [2.45, 2.75) is 6.61 Å². The van der Waals surface area contributed by atoms with E-state index in [0.717, 1.165) is 0 Å². The number of pyridine rings is 1. The van der Waals surface area contributed by atoms with Gasteiger partial charge < -0.3 is 14.3 Å². The lowest BCUT2D eigenvalue weighted by atomic mass is 10.4. The van der Waals surface area contributed by atoms with Crippen LogP contribution in [0.15, 0.2) is 35.0 Å². The van der Waals surface area contributed by atoms with Gasteiger partial charge in [-0.2, -0.15) is 0 Å². The zero-order valence-corrected chi connectivity index (χ0v) is 9.35. The first kappa shape index (κ1) is 11.5. The number of aromatic nitrogens is 1. The average molecular weight is 254 g/mol. The molecule has 0 radical (unpaired) electrons. The molecule has 0 bridgehead atoms. The Kier molecular flexibility index (Phi) is 3.30. The van der Waals surface area contributed by atoms with E-state index in [1.165, 1.54) is 18.5 Å². The summed E-state index contributed by atoms with van der Waals surface area (Å²) in [6, 6.07) is 4.52. The SMILES string of the molecule is O=C(O)c1ccc(COc2cncc(Cl)c2)o1. The number of furan rings is 1. The standard InChI is InChI=1S/C11H8ClNO4/c12-7-3-9(5-13-4-7)16-6-8-1-2-10(17-8)11(14)15/h1-5H,6H2,(H,14,15). The van der Waals surface area contributed by atoms with E-state index in [4.69, 9.17) is 25.9 Å². The van der Waals surface area contributed by atoms with E-state index in [1.807, 2.05) is 0 Å². The zero-order valence-electron chi connectivity index (χ0n) is 8.59. The molecule has 0 atom stereocenters. The van der Waals surface area contributed by atoms with Crippen LogP contribution in [0, 0.1) is 0 Å². The van der Waals surface area contributed by atoms with Crippen molar-refractivity contribution >= 4 is 17.6 Å². The Morgan fingerprint density at radius 1 is 1.47 bits per heavy atom. The van der Waals surface area contributed by atoms with E-state index in [-0.39, 0.29) is 12.4 Å². The van der Waals surface area contributed by atoms with Gasteiger partial charge in [0.2, 0.25) is 5.76 Å². The van der Waals surface area contributed by atoms with Crippen LogP contribution in [-0.2, 0) is 6.61 Å². The zero-order chi connectivity index (χ0) is 12.3. The van der Waals surface area contributed by atoms with Gasteiger partial charge in [0, 0.05) is 12.3 Å². The second-order valence-corrected chi connectivity index (χ2v) is 3.64. The highest BCUT2D eigenvalue weighted by molar-refractivity contribution is 6.30. The van der Waals surface area contributed by atoms with Gasteiger partial charge in [-0.15, -0.1) is 0 Å². The molecule has 0 saturated carbocycles. The number of carboxylic acid groups (broad SMARTS) is 1. The molecule has 0 spiro atoms. The Bertz CT molecular complexity index is 538. The lowest BCUT2D eigenvalue weighted by Crippen LogP contribution is -1.95. The number of carboxylic acids is 1. The molecule has 0 aromatic carbocycles. The molecule has 0 amide bonds. The van der Waals surface area contributed by atoms with Crippen molar-refractivity contribution in [3.05, 3.63) is 47.1 Å². The smallest absolute Gasteiger partial charge is 0.371 e. The van der Waals surface area contributed by atoms with E-state index in [9.17, 15) is 4.79 Å². The second kappa shape index (κ2) is 4.88. The van der Waals surface area contributed by atoms with Crippen LogP contribution in [0.5, 0.6) is 5.75 Å². The van der Waals surface area contributed by atoms with E-state index >= 15 is 0 Å². The van der Waals surface area contributed by atoms with E-state index in [0.29, 0.717) is 16.5 Å². The highest BCUT2D eigenvalue weighted by Crippen LogP contribution is 2.17. The van der Waals surface area contributed by atoms with Gasteiger partial charge in [0.25, 0.3) is 0 Å². The number of ether oxygens (including phenoxy) is 1. The number of halogens is 1. The van der Waals surface area contributed by atoms with Crippen molar-refractivity contribution in [2.24, 2.45) is 0 Å². The highest BCUT2D eigenvalue weighted by atomic mass is 35.5. The van der Waals surface area contributed by atoms with Gasteiger partial charge in [-0.25, -0.2) is 4.79 Å². The Hall–Kier alpha value is -2.01. The summed E-state index contributed by atoms with van der Waals surface area (Å²) in [6.45, 7) is 0.120. The summed E-state index contributed by atoms with van der Waals surface area (Å²) in [5, 5.41) is 9.12. The minimum absolute atomic E-state index is 0.118. The van der Waals surface area contributed by atoms with E-state index in [1.54, 1.807) is 12.1 Å². The third kappa shape index (κ3) is 2.98. The van der Waals surface area contributed by atoms with Crippen molar-refractivity contribution in [1.29, 1.82) is 0 Å². The number of rotatable bonds is 4. The summed E-state index contributed by atoms with van der Waals surface area (Å²) in [7, 11) is 0. The molecular formula is C11H8ClNO4. The van der Waals surface area contributed by atoms with Crippen LogP contribution in [-0.4, -0.2) is 16.1 Å². The molecule has 17 heavy (non-hydrogen) atoms. The molecule has 5 nitrogen and oxygen atoms in total. The minimum Gasteiger partial charge on any atom is -0.484 e. The molecule has 1 N–H and O–H groups in total. The maximum absolute atomic E-state index is 10.6. The molecule has 0 aliphatic heterocycles. The van der Waals surface area contributed by atoms with Gasteiger partial charge in [0.05, 0.1) is 11.2 Å². The summed E-state index contributed by atoms with van der Waals surface area (Å²) < 4.78 is 10.4. The molecule has 0 saturated heterocycles. The van der Waals surface area contributed by atoms with Crippen molar-refractivity contribution in [3.8, 4) is 5.75 Å². The fourth-order valence-corrected chi connectivity index (χ4v) is 1.36. The molecule has 0 fully saturated rings. The largest absolute Gasteiger partial charge is 0.484 e. The van der Waals surface area contributed by atoms with Gasteiger partial charge in [-0.3, -0.25) is 4.98 Å². The van der Waals surface area contributed by atoms with Gasteiger partial charge in [-0.05, 0) is 12.1 Å². The topological polar surface area (TPSA) is 72.6 Å². The number of hydrogen-bond acceptors (Lipinski definition) is 4. The predicted molar refractivity (Wildman–Crippen MR) is 59.2 cm³/mol. The Balaban J connectivity index is 2.00. The van der Waals surface area contributed by atoms with Crippen molar-refractivity contribution in [3.63, 3.8) is 0 Å². The van der Waals surface area contributed by atoms with Crippen LogP contribution in [0.4, 0.5) is 0 Å². The van der Waals surface area contributed by atoms with Crippen LogP contribution in [0.1, 0.15) is 16.3 Å². The molecule has 0 aliphatic carbocycles. The number of carbonyl (C=O) groups is 1. The molecule has 6 heteroatoms. The monoisotopic (exact) mass is 253 g/mol. The normalized spacial score (nSPS) is 10.2. The maximum Gasteiger partial charge on any atom is 0.371 e. The predicted octanol–water partition coefficient (Wildman–Crippen LogP) is 2.61. The third-order valence-electron chi connectivity index (χ3n) is 1.93. The quantitative estimate of drug-likeness (QED) is 0.907. The Morgan fingerprint density at radius 3 is 2.94 bits per heavy atom.